The predicted molar refractivity (Wildman–Crippen MR) is 57.1 cm³/mol. The highest BCUT2D eigenvalue weighted by Gasteiger charge is 2.10. The van der Waals surface area contributed by atoms with E-state index in [2.05, 4.69) is 9.97 Å². The summed E-state index contributed by atoms with van der Waals surface area (Å²) in [6, 6.07) is 3.11. The molecule has 1 atom stereocenters. The van der Waals surface area contributed by atoms with Crippen LogP contribution < -0.4 is 5.56 Å². The van der Waals surface area contributed by atoms with Crippen LogP contribution in [0, 0.1) is 0 Å². The van der Waals surface area contributed by atoms with E-state index in [9.17, 15) is 9.35 Å². The Morgan fingerprint density at radius 2 is 2.20 bits per heavy atom. The second kappa shape index (κ2) is 3.63. The molecular weight excluding hydrogens is 214 g/mol. The zero-order valence-electron chi connectivity index (χ0n) is 8.30. The molecule has 0 spiro atoms. The molecule has 0 aliphatic rings. The monoisotopic (exact) mass is 223 g/mol. The van der Waals surface area contributed by atoms with Gasteiger partial charge in [0.25, 0.3) is 5.56 Å². The first-order valence-corrected chi connectivity index (χ1v) is 5.81. The molecule has 0 fully saturated rings. The smallest absolute Gasteiger partial charge is 0.344 e. The highest BCUT2D eigenvalue weighted by Crippen LogP contribution is 2.09. The Kier molecular flexibility index (Phi) is 2.45. The summed E-state index contributed by atoms with van der Waals surface area (Å²) in [5, 5.41) is 0.995. The molecule has 0 N–H and O–H groups in total. The standard InChI is InChI=1S/C9H9N3O2S/c1-12-7(13)4-3-6-5-10-9(15(2)14)11-8(6)12/h3-5H,1-2H3. The van der Waals surface area contributed by atoms with Gasteiger partial charge in [-0.2, -0.15) is 9.97 Å². The summed E-state index contributed by atoms with van der Waals surface area (Å²) in [5.41, 5.74) is 0.358. The van der Waals surface area contributed by atoms with E-state index in [4.69, 9.17) is 0 Å². The van der Waals surface area contributed by atoms with Crippen molar-refractivity contribution < 1.29 is 4.55 Å². The highest BCUT2D eigenvalue weighted by atomic mass is 32.2. The third kappa shape index (κ3) is 1.73. The van der Waals surface area contributed by atoms with Crippen molar-refractivity contribution >= 4 is 22.2 Å². The van der Waals surface area contributed by atoms with E-state index < -0.39 is 11.2 Å². The Morgan fingerprint density at radius 1 is 1.47 bits per heavy atom. The zero-order valence-corrected chi connectivity index (χ0v) is 9.11. The summed E-state index contributed by atoms with van der Waals surface area (Å²) in [6.07, 6.45) is 3.07. The van der Waals surface area contributed by atoms with Crippen LogP contribution in [0.15, 0.2) is 28.3 Å². The Balaban J connectivity index is 2.79. The van der Waals surface area contributed by atoms with Gasteiger partial charge in [0.2, 0.25) is 0 Å². The Labute approximate surface area is 89.0 Å². The number of aromatic nitrogens is 3. The summed E-state index contributed by atoms with van der Waals surface area (Å²) in [6.45, 7) is 0. The first-order chi connectivity index (χ1) is 7.09. The Bertz CT molecular complexity index is 565. The zero-order chi connectivity index (χ0) is 11.0. The third-order valence-electron chi connectivity index (χ3n) is 2.08. The van der Waals surface area contributed by atoms with Crippen LogP contribution in [-0.4, -0.2) is 25.3 Å². The van der Waals surface area contributed by atoms with Crippen LogP contribution in [0.3, 0.4) is 0 Å². The largest absolute Gasteiger partial charge is 0.609 e. The summed E-state index contributed by atoms with van der Waals surface area (Å²) >= 11 is -1.24. The van der Waals surface area contributed by atoms with Crippen molar-refractivity contribution in [1.29, 1.82) is 0 Å². The highest BCUT2D eigenvalue weighted by molar-refractivity contribution is 7.90. The lowest BCUT2D eigenvalue weighted by atomic mass is 10.3. The van der Waals surface area contributed by atoms with Crippen molar-refractivity contribution in [2.75, 3.05) is 6.26 Å². The molecule has 0 bridgehead atoms. The van der Waals surface area contributed by atoms with Crippen LogP contribution in [0.25, 0.3) is 11.0 Å². The van der Waals surface area contributed by atoms with Gasteiger partial charge in [-0.15, -0.1) is 0 Å². The second-order valence-corrected chi connectivity index (χ2v) is 4.39. The van der Waals surface area contributed by atoms with Gasteiger partial charge in [0.1, 0.15) is 6.26 Å². The molecule has 0 saturated carbocycles. The average Bonchev–Trinajstić information content (AvgIpc) is 2.23. The summed E-state index contributed by atoms with van der Waals surface area (Å²) in [5.74, 6) is 0. The molecule has 0 aromatic carbocycles. The van der Waals surface area contributed by atoms with Gasteiger partial charge in [-0.25, -0.2) is 0 Å². The van der Waals surface area contributed by atoms with Crippen LogP contribution in [0.1, 0.15) is 0 Å². The lowest BCUT2D eigenvalue weighted by molar-refractivity contribution is 0.592. The van der Waals surface area contributed by atoms with Crippen LogP contribution in [0.4, 0.5) is 0 Å². The quantitative estimate of drug-likeness (QED) is 0.506. The molecule has 0 aliphatic heterocycles. The van der Waals surface area contributed by atoms with Gasteiger partial charge in [-0.05, 0) is 6.07 Å². The maximum Gasteiger partial charge on any atom is 0.344 e. The number of fused-ring (bicyclic) bond motifs is 1. The fourth-order valence-electron chi connectivity index (χ4n) is 1.27. The summed E-state index contributed by atoms with van der Waals surface area (Å²) in [4.78, 5) is 19.4. The molecule has 15 heavy (non-hydrogen) atoms. The van der Waals surface area contributed by atoms with Crippen LogP contribution in [-0.2, 0) is 18.2 Å². The van der Waals surface area contributed by atoms with Crippen LogP contribution in [0.5, 0.6) is 0 Å². The Hall–Kier alpha value is -1.40. The number of hydrogen-bond donors (Lipinski definition) is 0. The average molecular weight is 223 g/mol. The molecule has 5 nitrogen and oxygen atoms in total. The van der Waals surface area contributed by atoms with Gasteiger partial charge in [0, 0.05) is 35.9 Å². The van der Waals surface area contributed by atoms with E-state index >= 15 is 0 Å². The van der Waals surface area contributed by atoms with Crippen molar-refractivity contribution in [3.8, 4) is 0 Å². The van der Waals surface area contributed by atoms with Crippen molar-refractivity contribution in [2.24, 2.45) is 7.05 Å². The molecule has 2 heterocycles. The number of rotatable bonds is 1. The normalized spacial score (nSPS) is 13.0. The molecule has 6 heteroatoms. The minimum atomic E-state index is -1.24. The van der Waals surface area contributed by atoms with Gasteiger partial charge in [0.15, 0.2) is 5.65 Å². The molecule has 0 saturated heterocycles. The predicted octanol–water partition coefficient (Wildman–Crippen LogP) is 0.0659. The van der Waals surface area contributed by atoms with Gasteiger partial charge >= 0.3 is 5.16 Å². The molecule has 1 unspecified atom stereocenters. The van der Waals surface area contributed by atoms with Gasteiger partial charge in [-0.3, -0.25) is 9.36 Å². The molecule has 0 radical (unpaired) electrons. The third-order valence-corrected chi connectivity index (χ3v) is 2.80. The van der Waals surface area contributed by atoms with Crippen LogP contribution >= 0.6 is 0 Å². The topological polar surface area (TPSA) is 70.8 Å². The first kappa shape index (κ1) is 10.1. The van der Waals surface area contributed by atoms with Crippen molar-refractivity contribution in [3.05, 3.63) is 28.7 Å². The minimum Gasteiger partial charge on any atom is -0.609 e. The van der Waals surface area contributed by atoms with E-state index in [1.165, 1.54) is 16.9 Å². The van der Waals surface area contributed by atoms with Crippen LogP contribution in [0.2, 0.25) is 0 Å². The number of nitrogens with zero attached hydrogens (tertiary/aromatic N) is 3. The maximum absolute atomic E-state index is 11.3. The molecule has 78 valence electrons. The second-order valence-electron chi connectivity index (χ2n) is 3.12. The van der Waals surface area contributed by atoms with Crippen molar-refractivity contribution in [1.82, 2.24) is 14.5 Å². The molecule has 2 rings (SSSR count). The molecule has 0 aliphatic carbocycles. The fraction of sp³-hybridized carbons (Fsp3) is 0.222. The molecule has 2 aromatic rings. The van der Waals surface area contributed by atoms with Crippen molar-refractivity contribution in [3.63, 3.8) is 0 Å². The van der Waals surface area contributed by atoms with E-state index in [-0.39, 0.29) is 10.7 Å². The number of aryl methyl sites for hydroxylation is 1. The van der Waals surface area contributed by atoms with Gasteiger partial charge < -0.3 is 4.55 Å². The van der Waals surface area contributed by atoms with E-state index in [1.54, 1.807) is 19.3 Å². The SMILES string of the molecule is Cn1c(=O)ccc2cnc([S+](C)[O-])nc21. The fourth-order valence-corrected chi connectivity index (χ4v) is 1.68. The summed E-state index contributed by atoms with van der Waals surface area (Å²) in [7, 11) is 1.63. The van der Waals surface area contributed by atoms with Gasteiger partial charge in [-0.1, -0.05) is 0 Å². The number of hydrogen-bond acceptors (Lipinski definition) is 4. The van der Waals surface area contributed by atoms with Crippen molar-refractivity contribution in [2.45, 2.75) is 5.16 Å². The van der Waals surface area contributed by atoms with E-state index in [0.717, 1.165) is 5.39 Å². The first-order valence-electron chi connectivity index (χ1n) is 4.26. The van der Waals surface area contributed by atoms with Gasteiger partial charge in [0.05, 0.1) is 0 Å². The Morgan fingerprint density at radius 3 is 2.87 bits per heavy atom. The molecular formula is C9H9N3O2S. The summed E-state index contributed by atoms with van der Waals surface area (Å²) < 4.78 is 12.6. The van der Waals surface area contributed by atoms with E-state index in [0.29, 0.717) is 5.65 Å². The maximum atomic E-state index is 11.3. The minimum absolute atomic E-state index is 0.144. The lowest BCUT2D eigenvalue weighted by Gasteiger charge is -2.05. The molecule has 2 aromatic heterocycles. The molecule has 0 amide bonds. The number of pyridine rings is 1. The van der Waals surface area contributed by atoms with E-state index in [1.807, 2.05) is 0 Å². The lowest BCUT2D eigenvalue weighted by Crippen LogP contribution is -2.17.